The molecule has 3 nitrogen and oxygen atoms in total. The molecular formula is C15H31NO2. The number of hydrogen-bond acceptors (Lipinski definition) is 3. The van der Waals surface area contributed by atoms with Crippen LogP contribution in [0.1, 0.15) is 53.4 Å². The van der Waals surface area contributed by atoms with Gasteiger partial charge in [-0.2, -0.15) is 0 Å². The van der Waals surface area contributed by atoms with Crippen molar-refractivity contribution in [2.45, 2.75) is 65.0 Å². The highest BCUT2D eigenvalue weighted by molar-refractivity contribution is 4.83. The van der Waals surface area contributed by atoms with Gasteiger partial charge in [0.1, 0.15) is 0 Å². The molecule has 108 valence electrons. The lowest BCUT2D eigenvalue weighted by Crippen LogP contribution is -2.50. The molecule has 0 bridgehead atoms. The minimum Gasteiger partial charge on any atom is -0.394 e. The summed E-state index contributed by atoms with van der Waals surface area (Å²) in [6.07, 6.45) is 5.11. The fraction of sp³-hybridized carbons (Fsp3) is 1.00. The van der Waals surface area contributed by atoms with E-state index in [1.54, 1.807) is 0 Å². The maximum atomic E-state index is 9.50. The number of aliphatic hydroxyl groups is 1. The highest BCUT2D eigenvalue weighted by Crippen LogP contribution is 2.30. The van der Waals surface area contributed by atoms with E-state index in [9.17, 15) is 5.11 Å². The molecule has 3 atom stereocenters. The standard InChI is InChI=1S/C15H31NO2/c1-5-6-16-15(4,10-17)11-18-14-8-12(2)7-13(3)9-14/h12-14,16-17H,5-11H2,1-4H3. The van der Waals surface area contributed by atoms with Crippen LogP contribution in [0.4, 0.5) is 0 Å². The van der Waals surface area contributed by atoms with Gasteiger partial charge in [-0.3, -0.25) is 0 Å². The first-order valence-corrected chi connectivity index (χ1v) is 7.46. The molecule has 1 saturated carbocycles. The predicted molar refractivity (Wildman–Crippen MR) is 75.7 cm³/mol. The smallest absolute Gasteiger partial charge is 0.0671 e. The molecule has 3 unspecified atom stereocenters. The number of rotatable bonds is 7. The van der Waals surface area contributed by atoms with Gasteiger partial charge in [-0.05, 0) is 51.0 Å². The predicted octanol–water partition coefficient (Wildman–Crippen LogP) is 2.58. The van der Waals surface area contributed by atoms with Gasteiger partial charge in [0, 0.05) is 0 Å². The van der Waals surface area contributed by atoms with E-state index in [0.717, 1.165) is 24.8 Å². The summed E-state index contributed by atoms with van der Waals surface area (Å²) >= 11 is 0. The lowest BCUT2D eigenvalue weighted by atomic mass is 9.82. The second kappa shape index (κ2) is 7.46. The molecule has 0 amide bonds. The third-order valence-electron chi connectivity index (χ3n) is 3.92. The van der Waals surface area contributed by atoms with Gasteiger partial charge in [-0.15, -0.1) is 0 Å². The maximum absolute atomic E-state index is 9.50. The number of hydrogen-bond donors (Lipinski definition) is 2. The Morgan fingerprint density at radius 3 is 2.33 bits per heavy atom. The number of nitrogens with one attached hydrogen (secondary N) is 1. The van der Waals surface area contributed by atoms with E-state index in [1.165, 1.54) is 19.3 Å². The SMILES string of the molecule is CCCNC(C)(CO)COC1CC(C)CC(C)C1. The highest BCUT2D eigenvalue weighted by atomic mass is 16.5. The zero-order chi connectivity index (χ0) is 13.6. The third-order valence-corrected chi connectivity index (χ3v) is 3.92. The van der Waals surface area contributed by atoms with Gasteiger partial charge < -0.3 is 15.2 Å². The topological polar surface area (TPSA) is 41.5 Å². The van der Waals surface area contributed by atoms with Crippen LogP contribution in [0.25, 0.3) is 0 Å². The van der Waals surface area contributed by atoms with Crippen molar-refractivity contribution in [2.24, 2.45) is 11.8 Å². The van der Waals surface area contributed by atoms with Crippen molar-refractivity contribution in [2.75, 3.05) is 19.8 Å². The van der Waals surface area contributed by atoms with Crippen LogP contribution in [-0.2, 0) is 4.74 Å². The van der Waals surface area contributed by atoms with E-state index >= 15 is 0 Å². The lowest BCUT2D eigenvalue weighted by molar-refractivity contribution is -0.0364. The fourth-order valence-electron chi connectivity index (χ4n) is 2.89. The molecule has 1 rings (SSSR count). The van der Waals surface area contributed by atoms with Crippen LogP contribution >= 0.6 is 0 Å². The first kappa shape index (κ1) is 15.9. The molecule has 0 spiro atoms. The molecule has 0 heterocycles. The zero-order valence-electron chi connectivity index (χ0n) is 12.5. The van der Waals surface area contributed by atoms with Crippen LogP contribution < -0.4 is 5.32 Å². The number of aliphatic hydroxyl groups excluding tert-OH is 1. The van der Waals surface area contributed by atoms with Gasteiger partial charge in [-0.1, -0.05) is 20.8 Å². The van der Waals surface area contributed by atoms with Crippen molar-refractivity contribution in [3.8, 4) is 0 Å². The van der Waals surface area contributed by atoms with Crippen molar-refractivity contribution < 1.29 is 9.84 Å². The van der Waals surface area contributed by atoms with Crippen molar-refractivity contribution in [1.82, 2.24) is 5.32 Å². The molecule has 0 aliphatic heterocycles. The first-order chi connectivity index (χ1) is 8.49. The highest BCUT2D eigenvalue weighted by Gasteiger charge is 2.28. The minimum absolute atomic E-state index is 0.130. The van der Waals surface area contributed by atoms with Crippen LogP contribution in [0, 0.1) is 11.8 Å². The zero-order valence-corrected chi connectivity index (χ0v) is 12.5. The first-order valence-electron chi connectivity index (χ1n) is 7.46. The molecule has 0 aromatic heterocycles. The summed E-state index contributed by atoms with van der Waals surface area (Å²) in [5.74, 6) is 1.53. The Kier molecular flexibility index (Phi) is 6.61. The summed E-state index contributed by atoms with van der Waals surface area (Å²) in [6.45, 7) is 10.5. The molecule has 1 aliphatic rings. The molecular weight excluding hydrogens is 226 g/mol. The van der Waals surface area contributed by atoms with Gasteiger partial charge >= 0.3 is 0 Å². The van der Waals surface area contributed by atoms with Crippen LogP contribution in [0.2, 0.25) is 0 Å². The van der Waals surface area contributed by atoms with Crippen molar-refractivity contribution in [1.29, 1.82) is 0 Å². The van der Waals surface area contributed by atoms with E-state index < -0.39 is 0 Å². The molecule has 0 aromatic carbocycles. The van der Waals surface area contributed by atoms with E-state index in [-0.39, 0.29) is 12.1 Å². The Balaban J connectivity index is 2.37. The Morgan fingerprint density at radius 1 is 1.22 bits per heavy atom. The van der Waals surface area contributed by atoms with Crippen LogP contribution in [0.3, 0.4) is 0 Å². The van der Waals surface area contributed by atoms with Crippen LogP contribution in [-0.4, -0.2) is 36.5 Å². The second-order valence-electron chi connectivity index (χ2n) is 6.50. The second-order valence-corrected chi connectivity index (χ2v) is 6.50. The quantitative estimate of drug-likeness (QED) is 0.736. The van der Waals surface area contributed by atoms with Gasteiger partial charge in [0.2, 0.25) is 0 Å². The monoisotopic (exact) mass is 257 g/mol. The van der Waals surface area contributed by atoms with Crippen molar-refractivity contribution in [3.63, 3.8) is 0 Å². The van der Waals surface area contributed by atoms with Gasteiger partial charge in [0.25, 0.3) is 0 Å². The molecule has 0 saturated heterocycles. The van der Waals surface area contributed by atoms with Gasteiger partial charge in [0.05, 0.1) is 24.9 Å². The average molecular weight is 257 g/mol. The van der Waals surface area contributed by atoms with Crippen LogP contribution in [0.5, 0.6) is 0 Å². The average Bonchev–Trinajstić information content (AvgIpc) is 2.33. The van der Waals surface area contributed by atoms with E-state index in [2.05, 4.69) is 26.1 Å². The Hall–Kier alpha value is -0.120. The number of ether oxygens (including phenoxy) is 1. The maximum Gasteiger partial charge on any atom is 0.0671 e. The minimum atomic E-state index is -0.292. The third kappa shape index (κ3) is 5.25. The fourth-order valence-corrected chi connectivity index (χ4v) is 2.89. The molecule has 2 N–H and O–H groups in total. The van der Waals surface area contributed by atoms with E-state index in [4.69, 9.17) is 4.74 Å². The Labute approximate surface area is 112 Å². The molecule has 1 fully saturated rings. The summed E-state index contributed by atoms with van der Waals surface area (Å²) in [7, 11) is 0. The summed E-state index contributed by atoms with van der Waals surface area (Å²) in [4.78, 5) is 0. The van der Waals surface area contributed by atoms with Crippen molar-refractivity contribution >= 4 is 0 Å². The summed E-state index contributed by atoms with van der Waals surface area (Å²) in [6, 6.07) is 0. The molecule has 1 aliphatic carbocycles. The van der Waals surface area contributed by atoms with E-state index in [1.807, 2.05) is 6.92 Å². The van der Waals surface area contributed by atoms with Crippen LogP contribution in [0.15, 0.2) is 0 Å². The summed E-state index contributed by atoms with van der Waals surface area (Å²) < 4.78 is 6.05. The van der Waals surface area contributed by atoms with E-state index in [0.29, 0.717) is 12.7 Å². The van der Waals surface area contributed by atoms with Crippen molar-refractivity contribution in [3.05, 3.63) is 0 Å². The largest absolute Gasteiger partial charge is 0.394 e. The lowest BCUT2D eigenvalue weighted by Gasteiger charge is -2.35. The molecule has 3 heteroatoms. The molecule has 0 radical (unpaired) electrons. The summed E-state index contributed by atoms with van der Waals surface area (Å²) in [5, 5.41) is 12.9. The Morgan fingerprint density at radius 2 is 1.83 bits per heavy atom. The van der Waals surface area contributed by atoms with Gasteiger partial charge in [0.15, 0.2) is 0 Å². The molecule has 18 heavy (non-hydrogen) atoms. The Bertz CT molecular complexity index is 225. The molecule has 0 aromatic rings. The normalized spacial score (nSPS) is 32.2. The van der Waals surface area contributed by atoms with Gasteiger partial charge in [-0.25, -0.2) is 0 Å². The summed E-state index contributed by atoms with van der Waals surface area (Å²) in [5.41, 5.74) is -0.292.